The number of carbonyl (C=O) groups excluding carboxylic acids is 1. The van der Waals surface area contributed by atoms with E-state index in [1.165, 1.54) is 0 Å². The molecule has 2 N–H and O–H groups in total. The molecule has 7 nitrogen and oxygen atoms in total. The predicted octanol–water partition coefficient (Wildman–Crippen LogP) is 6.69. The molecule has 4 aromatic rings. The van der Waals surface area contributed by atoms with E-state index < -0.39 is 0 Å². The maximum Gasteiger partial charge on any atom is 0.319 e. The minimum Gasteiger partial charge on any atom is -0.493 e. The number of halogens is 1. The van der Waals surface area contributed by atoms with Gasteiger partial charge in [-0.15, -0.1) is 0 Å². The highest BCUT2D eigenvalue weighted by Crippen LogP contribution is 2.37. The second-order valence-electron chi connectivity index (χ2n) is 7.53. The van der Waals surface area contributed by atoms with Crippen molar-refractivity contribution in [3.63, 3.8) is 0 Å². The average Bonchev–Trinajstić information content (AvgIpc) is 2.84. The molecule has 34 heavy (non-hydrogen) atoms. The molecule has 1 aromatic heterocycles. The number of ether oxygens (including phenoxy) is 3. The third-order valence-corrected chi connectivity index (χ3v) is 5.79. The number of anilines is 1. The van der Waals surface area contributed by atoms with Gasteiger partial charge in [0.25, 0.3) is 0 Å². The van der Waals surface area contributed by atoms with Gasteiger partial charge in [-0.1, -0.05) is 28.1 Å². The first-order valence-corrected chi connectivity index (χ1v) is 11.4. The second kappa shape index (κ2) is 10.4. The fourth-order valence-corrected chi connectivity index (χ4v) is 3.73. The molecule has 0 unspecified atom stereocenters. The molecule has 3 aromatic carbocycles. The first kappa shape index (κ1) is 23.4. The standard InChI is InChI=1S/C26H24BrN3O4/c1-16(17-4-6-18(27)7-5-17)29-26(31)30-19-8-10-20(11-9-19)34-23-12-13-28-22-15-25(33-3)24(32-2)14-21(22)23/h4-16H,1-3H3,(H2,29,30,31)/t16-/m0/s1. The van der Waals surface area contributed by atoms with Crippen molar-refractivity contribution in [3.8, 4) is 23.0 Å². The minimum absolute atomic E-state index is 0.133. The number of amides is 2. The summed E-state index contributed by atoms with van der Waals surface area (Å²) in [7, 11) is 3.17. The van der Waals surface area contributed by atoms with E-state index in [0.717, 1.165) is 20.9 Å². The van der Waals surface area contributed by atoms with E-state index in [0.29, 0.717) is 28.7 Å². The Kier molecular flexibility index (Phi) is 7.18. The van der Waals surface area contributed by atoms with Crippen molar-refractivity contribution in [2.45, 2.75) is 13.0 Å². The molecule has 0 fully saturated rings. The molecule has 0 saturated carbocycles. The van der Waals surface area contributed by atoms with Crippen LogP contribution in [0.2, 0.25) is 0 Å². The molecular formula is C26H24BrN3O4. The molecule has 4 rings (SSSR count). The van der Waals surface area contributed by atoms with Crippen LogP contribution < -0.4 is 24.8 Å². The first-order valence-electron chi connectivity index (χ1n) is 10.6. The van der Waals surface area contributed by atoms with E-state index in [-0.39, 0.29) is 12.1 Å². The molecule has 8 heteroatoms. The van der Waals surface area contributed by atoms with E-state index >= 15 is 0 Å². The van der Waals surface area contributed by atoms with Gasteiger partial charge in [0.2, 0.25) is 0 Å². The van der Waals surface area contributed by atoms with Gasteiger partial charge >= 0.3 is 6.03 Å². The lowest BCUT2D eigenvalue weighted by Gasteiger charge is -2.15. The van der Waals surface area contributed by atoms with Gasteiger partial charge in [0, 0.05) is 27.8 Å². The third kappa shape index (κ3) is 5.40. The van der Waals surface area contributed by atoms with E-state index in [4.69, 9.17) is 14.2 Å². The third-order valence-electron chi connectivity index (χ3n) is 5.26. The van der Waals surface area contributed by atoms with Crippen LogP contribution in [0.1, 0.15) is 18.5 Å². The molecule has 0 radical (unpaired) electrons. The fraction of sp³-hybridized carbons (Fsp3) is 0.154. The highest BCUT2D eigenvalue weighted by Gasteiger charge is 2.12. The van der Waals surface area contributed by atoms with Crippen LogP contribution in [0, 0.1) is 0 Å². The number of benzene rings is 3. The lowest BCUT2D eigenvalue weighted by molar-refractivity contribution is 0.249. The zero-order chi connectivity index (χ0) is 24.1. The molecule has 1 atom stereocenters. The van der Waals surface area contributed by atoms with Crippen molar-refractivity contribution < 1.29 is 19.0 Å². The van der Waals surface area contributed by atoms with Crippen molar-refractivity contribution in [1.82, 2.24) is 10.3 Å². The Bertz CT molecular complexity index is 1290. The topological polar surface area (TPSA) is 81.7 Å². The molecular weight excluding hydrogens is 498 g/mol. The summed E-state index contributed by atoms with van der Waals surface area (Å²) in [6.45, 7) is 1.93. The van der Waals surface area contributed by atoms with Crippen LogP contribution in [0.5, 0.6) is 23.0 Å². The predicted molar refractivity (Wildman–Crippen MR) is 136 cm³/mol. The Balaban J connectivity index is 1.43. The SMILES string of the molecule is COc1cc2nccc(Oc3ccc(NC(=O)N[C@@H](C)c4ccc(Br)cc4)cc3)c2cc1OC. The summed E-state index contributed by atoms with van der Waals surface area (Å²) < 4.78 is 17.8. The van der Waals surface area contributed by atoms with Gasteiger partial charge < -0.3 is 24.8 Å². The number of pyridine rings is 1. The zero-order valence-electron chi connectivity index (χ0n) is 19.0. The van der Waals surface area contributed by atoms with Crippen molar-refractivity contribution in [3.05, 3.63) is 83.0 Å². The summed E-state index contributed by atoms with van der Waals surface area (Å²) >= 11 is 3.42. The van der Waals surface area contributed by atoms with Crippen LogP contribution in [0.3, 0.4) is 0 Å². The maximum atomic E-state index is 12.4. The van der Waals surface area contributed by atoms with Gasteiger partial charge in [0.05, 0.1) is 25.8 Å². The molecule has 1 heterocycles. The number of carbonyl (C=O) groups is 1. The van der Waals surface area contributed by atoms with Gasteiger partial charge in [-0.05, 0) is 61.0 Å². The normalized spacial score (nSPS) is 11.5. The number of fused-ring (bicyclic) bond motifs is 1. The quantitative estimate of drug-likeness (QED) is 0.283. The summed E-state index contributed by atoms with van der Waals surface area (Å²) in [5.74, 6) is 2.45. The van der Waals surface area contributed by atoms with Gasteiger partial charge in [-0.3, -0.25) is 4.98 Å². The summed E-state index contributed by atoms with van der Waals surface area (Å²) in [5, 5.41) is 6.58. The number of nitrogens with one attached hydrogen (secondary N) is 2. The molecule has 0 spiro atoms. The largest absolute Gasteiger partial charge is 0.493 e. The molecule has 0 aliphatic rings. The average molecular weight is 522 g/mol. The van der Waals surface area contributed by atoms with E-state index in [2.05, 4.69) is 31.5 Å². The Labute approximate surface area is 206 Å². The Hall–Kier alpha value is -3.78. The first-order chi connectivity index (χ1) is 16.5. The van der Waals surface area contributed by atoms with Gasteiger partial charge in [-0.2, -0.15) is 0 Å². The van der Waals surface area contributed by atoms with Crippen LogP contribution in [0.4, 0.5) is 10.5 Å². The molecule has 0 aliphatic carbocycles. The number of hydrogen-bond acceptors (Lipinski definition) is 5. The Morgan fingerprint density at radius 3 is 2.26 bits per heavy atom. The Morgan fingerprint density at radius 2 is 1.59 bits per heavy atom. The molecule has 2 amide bonds. The fourth-order valence-electron chi connectivity index (χ4n) is 3.47. The number of aromatic nitrogens is 1. The lowest BCUT2D eigenvalue weighted by atomic mass is 10.1. The number of hydrogen-bond donors (Lipinski definition) is 2. The Morgan fingerprint density at radius 1 is 0.912 bits per heavy atom. The molecule has 0 saturated heterocycles. The number of methoxy groups -OCH3 is 2. The number of urea groups is 1. The molecule has 174 valence electrons. The van der Waals surface area contributed by atoms with Crippen molar-refractivity contribution in [2.75, 3.05) is 19.5 Å². The summed E-state index contributed by atoms with van der Waals surface area (Å²) in [6.07, 6.45) is 1.68. The summed E-state index contributed by atoms with van der Waals surface area (Å²) in [6, 6.07) is 20.0. The van der Waals surface area contributed by atoms with Crippen LogP contribution in [0.25, 0.3) is 10.9 Å². The van der Waals surface area contributed by atoms with Crippen molar-refractivity contribution >= 4 is 38.6 Å². The van der Waals surface area contributed by atoms with Crippen LogP contribution in [-0.2, 0) is 0 Å². The van der Waals surface area contributed by atoms with Crippen molar-refractivity contribution in [1.29, 1.82) is 0 Å². The molecule has 0 bridgehead atoms. The number of nitrogens with zero attached hydrogens (tertiary/aromatic N) is 1. The van der Waals surface area contributed by atoms with E-state index in [1.807, 2.05) is 43.3 Å². The second-order valence-corrected chi connectivity index (χ2v) is 8.45. The van der Waals surface area contributed by atoms with E-state index in [1.54, 1.807) is 50.7 Å². The monoisotopic (exact) mass is 521 g/mol. The highest BCUT2D eigenvalue weighted by atomic mass is 79.9. The van der Waals surface area contributed by atoms with Crippen LogP contribution >= 0.6 is 15.9 Å². The van der Waals surface area contributed by atoms with Gasteiger partial charge in [-0.25, -0.2) is 4.79 Å². The maximum absolute atomic E-state index is 12.4. The number of rotatable bonds is 7. The van der Waals surface area contributed by atoms with Crippen LogP contribution in [-0.4, -0.2) is 25.2 Å². The van der Waals surface area contributed by atoms with Gasteiger partial charge in [0.15, 0.2) is 11.5 Å². The molecule has 0 aliphatic heterocycles. The van der Waals surface area contributed by atoms with Gasteiger partial charge in [0.1, 0.15) is 11.5 Å². The minimum atomic E-state index is -0.287. The van der Waals surface area contributed by atoms with E-state index in [9.17, 15) is 4.79 Å². The summed E-state index contributed by atoms with van der Waals surface area (Å²) in [5.41, 5.74) is 2.39. The van der Waals surface area contributed by atoms with Crippen LogP contribution in [0.15, 0.2) is 77.4 Å². The summed E-state index contributed by atoms with van der Waals surface area (Å²) in [4.78, 5) is 16.8. The highest BCUT2D eigenvalue weighted by molar-refractivity contribution is 9.10. The lowest BCUT2D eigenvalue weighted by Crippen LogP contribution is -2.31. The zero-order valence-corrected chi connectivity index (χ0v) is 20.5. The van der Waals surface area contributed by atoms with Crippen molar-refractivity contribution in [2.24, 2.45) is 0 Å². The smallest absolute Gasteiger partial charge is 0.319 e.